The SMILES string of the molecule is O=[N+]([O-])c1cncc(Br)c1Oc1ccc(Br)c(F)c1. The number of hydrogen-bond donors (Lipinski definition) is 0. The Balaban J connectivity index is 2.42. The quantitative estimate of drug-likeness (QED) is 0.572. The van der Waals surface area contributed by atoms with E-state index < -0.39 is 10.7 Å². The number of pyridine rings is 1. The van der Waals surface area contributed by atoms with Crippen LogP contribution in [0.1, 0.15) is 0 Å². The number of aromatic nitrogens is 1. The highest BCUT2D eigenvalue weighted by molar-refractivity contribution is 9.10. The second-order valence-corrected chi connectivity index (χ2v) is 5.11. The van der Waals surface area contributed by atoms with Crippen LogP contribution in [0.4, 0.5) is 10.1 Å². The van der Waals surface area contributed by atoms with Gasteiger partial charge in [0.25, 0.3) is 0 Å². The lowest BCUT2D eigenvalue weighted by molar-refractivity contribution is -0.386. The van der Waals surface area contributed by atoms with Gasteiger partial charge in [-0.15, -0.1) is 0 Å². The van der Waals surface area contributed by atoms with Crippen molar-refractivity contribution in [2.45, 2.75) is 0 Å². The van der Waals surface area contributed by atoms with Crippen LogP contribution in [0, 0.1) is 15.9 Å². The number of benzene rings is 1. The summed E-state index contributed by atoms with van der Waals surface area (Å²) in [5, 5.41) is 10.9. The fraction of sp³-hybridized carbons (Fsp3) is 0. The van der Waals surface area contributed by atoms with Crippen molar-refractivity contribution in [3.8, 4) is 11.5 Å². The van der Waals surface area contributed by atoms with Crippen LogP contribution < -0.4 is 4.74 Å². The molecule has 0 fully saturated rings. The van der Waals surface area contributed by atoms with Crippen LogP contribution >= 0.6 is 31.9 Å². The van der Waals surface area contributed by atoms with Crippen LogP contribution in [0.3, 0.4) is 0 Å². The molecular formula is C11H5Br2FN2O3. The number of rotatable bonds is 3. The molecule has 0 saturated heterocycles. The minimum Gasteiger partial charge on any atom is -0.449 e. The molecule has 1 aromatic carbocycles. The van der Waals surface area contributed by atoms with Crippen LogP contribution in [-0.2, 0) is 0 Å². The van der Waals surface area contributed by atoms with Crippen molar-refractivity contribution < 1.29 is 14.1 Å². The van der Waals surface area contributed by atoms with E-state index in [0.29, 0.717) is 4.47 Å². The third-order valence-corrected chi connectivity index (χ3v) is 3.35. The van der Waals surface area contributed by atoms with E-state index >= 15 is 0 Å². The zero-order valence-corrected chi connectivity index (χ0v) is 12.3. The Bertz CT molecular complexity index is 652. The van der Waals surface area contributed by atoms with Gasteiger partial charge < -0.3 is 4.74 Å². The summed E-state index contributed by atoms with van der Waals surface area (Å²) in [5.74, 6) is -0.400. The van der Waals surface area contributed by atoms with Crippen LogP contribution in [0.15, 0.2) is 39.5 Å². The minimum atomic E-state index is -0.623. The molecule has 98 valence electrons. The Morgan fingerprint density at radius 1 is 1.26 bits per heavy atom. The third-order valence-electron chi connectivity index (χ3n) is 2.14. The van der Waals surface area contributed by atoms with Gasteiger partial charge in [0.1, 0.15) is 17.8 Å². The number of hydrogen-bond acceptors (Lipinski definition) is 4. The lowest BCUT2D eigenvalue weighted by Gasteiger charge is -2.08. The molecule has 1 aromatic heterocycles. The van der Waals surface area contributed by atoms with E-state index in [4.69, 9.17) is 4.74 Å². The largest absolute Gasteiger partial charge is 0.449 e. The molecule has 0 aliphatic rings. The predicted octanol–water partition coefficient (Wildman–Crippen LogP) is 4.45. The summed E-state index contributed by atoms with van der Waals surface area (Å²) in [6, 6.07) is 4.07. The van der Waals surface area contributed by atoms with Crippen molar-refractivity contribution in [3.05, 3.63) is 55.5 Å². The van der Waals surface area contributed by atoms with Gasteiger partial charge in [-0.25, -0.2) is 4.39 Å². The lowest BCUT2D eigenvalue weighted by atomic mass is 10.3. The Labute approximate surface area is 123 Å². The van der Waals surface area contributed by atoms with Crippen LogP contribution in [-0.4, -0.2) is 9.91 Å². The van der Waals surface area contributed by atoms with E-state index in [-0.39, 0.29) is 21.7 Å². The highest BCUT2D eigenvalue weighted by atomic mass is 79.9. The molecule has 0 aliphatic carbocycles. The zero-order chi connectivity index (χ0) is 14.0. The first kappa shape index (κ1) is 13.9. The van der Waals surface area contributed by atoms with E-state index in [2.05, 4.69) is 36.8 Å². The minimum absolute atomic E-state index is 0.0262. The second-order valence-electron chi connectivity index (χ2n) is 3.40. The van der Waals surface area contributed by atoms with E-state index in [1.165, 1.54) is 18.3 Å². The van der Waals surface area contributed by atoms with Gasteiger partial charge in [0.05, 0.1) is 13.9 Å². The highest BCUT2D eigenvalue weighted by Gasteiger charge is 2.20. The topological polar surface area (TPSA) is 65.3 Å². The maximum absolute atomic E-state index is 13.4. The normalized spacial score (nSPS) is 10.3. The van der Waals surface area contributed by atoms with Gasteiger partial charge >= 0.3 is 5.69 Å². The van der Waals surface area contributed by atoms with Crippen molar-refractivity contribution >= 4 is 37.5 Å². The third kappa shape index (κ3) is 3.07. The number of nitrogens with zero attached hydrogens (tertiary/aromatic N) is 2. The first-order valence-corrected chi connectivity index (χ1v) is 6.48. The van der Waals surface area contributed by atoms with Gasteiger partial charge in [-0.2, -0.15) is 0 Å². The zero-order valence-electron chi connectivity index (χ0n) is 9.14. The van der Waals surface area contributed by atoms with Crippen LogP contribution in [0.5, 0.6) is 11.5 Å². The van der Waals surface area contributed by atoms with Crippen LogP contribution in [0.25, 0.3) is 0 Å². The molecule has 19 heavy (non-hydrogen) atoms. The molecule has 0 spiro atoms. The Morgan fingerprint density at radius 3 is 2.63 bits per heavy atom. The summed E-state index contributed by atoms with van der Waals surface area (Å²) >= 11 is 6.12. The van der Waals surface area contributed by atoms with Gasteiger partial charge in [0.15, 0.2) is 0 Å². The summed E-state index contributed by atoms with van der Waals surface area (Å²) < 4.78 is 19.3. The molecule has 0 saturated carbocycles. The molecule has 1 heterocycles. The average molecular weight is 392 g/mol. The molecule has 2 aromatic rings. The van der Waals surface area contributed by atoms with Crippen molar-refractivity contribution in [2.24, 2.45) is 0 Å². The Morgan fingerprint density at radius 2 is 2.00 bits per heavy atom. The summed E-state index contributed by atoms with van der Waals surface area (Å²) in [6.45, 7) is 0. The molecule has 0 amide bonds. The van der Waals surface area contributed by atoms with Gasteiger partial charge in [0, 0.05) is 12.3 Å². The maximum atomic E-state index is 13.4. The molecule has 0 aliphatic heterocycles. The first-order chi connectivity index (χ1) is 8.99. The molecule has 0 radical (unpaired) electrons. The predicted molar refractivity (Wildman–Crippen MR) is 72.8 cm³/mol. The first-order valence-electron chi connectivity index (χ1n) is 4.90. The Hall–Kier alpha value is -1.54. The Kier molecular flexibility index (Phi) is 4.11. The fourth-order valence-electron chi connectivity index (χ4n) is 1.30. The summed E-state index contributed by atoms with van der Waals surface area (Å²) in [5.41, 5.74) is -0.308. The summed E-state index contributed by atoms with van der Waals surface area (Å²) in [6.07, 6.45) is 2.42. The average Bonchev–Trinajstić information content (AvgIpc) is 2.36. The summed E-state index contributed by atoms with van der Waals surface area (Å²) in [7, 11) is 0. The van der Waals surface area contributed by atoms with E-state index in [0.717, 1.165) is 12.3 Å². The van der Waals surface area contributed by atoms with E-state index in [1.807, 2.05) is 0 Å². The molecule has 0 atom stereocenters. The lowest BCUT2D eigenvalue weighted by Crippen LogP contribution is -1.95. The molecule has 0 N–H and O–H groups in total. The monoisotopic (exact) mass is 390 g/mol. The smallest absolute Gasteiger partial charge is 0.330 e. The van der Waals surface area contributed by atoms with Gasteiger partial charge in [-0.05, 0) is 44.0 Å². The van der Waals surface area contributed by atoms with Crippen LogP contribution in [0.2, 0.25) is 0 Å². The molecule has 0 unspecified atom stereocenters. The fourth-order valence-corrected chi connectivity index (χ4v) is 1.95. The van der Waals surface area contributed by atoms with E-state index in [1.54, 1.807) is 0 Å². The molecule has 2 rings (SSSR count). The van der Waals surface area contributed by atoms with Crippen molar-refractivity contribution in [1.82, 2.24) is 4.98 Å². The van der Waals surface area contributed by atoms with Gasteiger partial charge in [-0.1, -0.05) is 0 Å². The maximum Gasteiger partial charge on any atom is 0.330 e. The van der Waals surface area contributed by atoms with Crippen molar-refractivity contribution in [1.29, 1.82) is 0 Å². The number of ether oxygens (including phenoxy) is 1. The number of halogens is 3. The summed E-state index contributed by atoms with van der Waals surface area (Å²) in [4.78, 5) is 13.9. The van der Waals surface area contributed by atoms with Gasteiger partial charge in [-0.3, -0.25) is 15.1 Å². The standard InChI is InChI=1S/C11H5Br2FN2O3/c12-7-2-1-6(3-9(7)14)19-11-8(13)4-15-5-10(11)16(17)18/h1-5H. The highest BCUT2D eigenvalue weighted by Crippen LogP contribution is 2.37. The molecule has 0 bridgehead atoms. The van der Waals surface area contributed by atoms with Crippen molar-refractivity contribution in [2.75, 3.05) is 0 Å². The molecule has 5 nitrogen and oxygen atoms in total. The molecule has 8 heteroatoms. The number of nitro groups is 1. The second kappa shape index (κ2) is 5.62. The molecular weight excluding hydrogens is 387 g/mol. The van der Waals surface area contributed by atoms with Crippen molar-refractivity contribution in [3.63, 3.8) is 0 Å². The van der Waals surface area contributed by atoms with Gasteiger partial charge in [0.2, 0.25) is 5.75 Å². The van der Waals surface area contributed by atoms with E-state index in [9.17, 15) is 14.5 Å².